The fraction of sp³-hybridized carbons (Fsp3) is 0.235. The largest absolute Gasteiger partial charge is 0.337 e. The first-order valence-corrected chi connectivity index (χ1v) is 7.44. The van der Waals surface area contributed by atoms with Gasteiger partial charge in [0.1, 0.15) is 0 Å². The molecular weight excluding hydrogens is 294 g/mol. The number of nitro benzene ring substituents is 1. The van der Waals surface area contributed by atoms with E-state index in [1.807, 2.05) is 18.2 Å². The number of hydrogen-bond acceptors (Lipinski definition) is 3. The number of carbonyl (C=O) groups excluding carboxylic acids is 1. The molecule has 2 aromatic carbocycles. The summed E-state index contributed by atoms with van der Waals surface area (Å²) in [6.45, 7) is 0.553. The maximum Gasteiger partial charge on any atom is 0.319 e. The van der Waals surface area contributed by atoms with Crippen LogP contribution in [0.4, 0.5) is 16.2 Å². The van der Waals surface area contributed by atoms with E-state index in [0.29, 0.717) is 12.2 Å². The van der Waals surface area contributed by atoms with Gasteiger partial charge in [0, 0.05) is 29.8 Å². The Kier molecular flexibility index (Phi) is 3.97. The van der Waals surface area contributed by atoms with Gasteiger partial charge in [-0.15, -0.1) is 0 Å². The molecule has 0 aliphatic heterocycles. The van der Waals surface area contributed by atoms with Gasteiger partial charge in [-0.2, -0.15) is 0 Å². The second-order valence-corrected chi connectivity index (χ2v) is 5.76. The molecule has 0 atom stereocenters. The van der Waals surface area contributed by atoms with Gasteiger partial charge in [0.05, 0.1) is 4.92 Å². The molecule has 23 heavy (non-hydrogen) atoms. The minimum Gasteiger partial charge on any atom is -0.337 e. The molecular formula is C17H17N3O3. The van der Waals surface area contributed by atoms with Crippen LogP contribution in [0.15, 0.2) is 54.6 Å². The minimum absolute atomic E-state index is 0.0291. The number of hydrogen-bond donors (Lipinski definition) is 2. The van der Waals surface area contributed by atoms with Crippen LogP contribution in [0.3, 0.4) is 0 Å². The number of rotatable bonds is 5. The Labute approximate surface area is 133 Å². The van der Waals surface area contributed by atoms with Crippen molar-refractivity contribution in [3.05, 3.63) is 70.3 Å². The Hall–Kier alpha value is -2.89. The van der Waals surface area contributed by atoms with Crippen molar-refractivity contribution < 1.29 is 9.72 Å². The van der Waals surface area contributed by atoms with Crippen molar-refractivity contribution in [3.8, 4) is 0 Å². The van der Waals surface area contributed by atoms with Gasteiger partial charge in [-0.1, -0.05) is 36.4 Å². The van der Waals surface area contributed by atoms with Gasteiger partial charge in [-0.3, -0.25) is 10.1 Å². The van der Waals surface area contributed by atoms with Gasteiger partial charge in [0.25, 0.3) is 5.69 Å². The zero-order valence-electron chi connectivity index (χ0n) is 12.5. The summed E-state index contributed by atoms with van der Waals surface area (Å²) in [5, 5.41) is 16.2. The van der Waals surface area contributed by atoms with E-state index in [1.165, 1.54) is 17.7 Å². The van der Waals surface area contributed by atoms with Crippen molar-refractivity contribution in [3.63, 3.8) is 0 Å². The quantitative estimate of drug-likeness (QED) is 0.655. The Morgan fingerprint density at radius 2 is 1.87 bits per heavy atom. The average Bonchev–Trinajstić information content (AvgIpc) is 3.35. The van der Waals surface area contributed by atoms with E-state index in [2.05, 4.69) is 22.8 Å². The second kappa shape index (κ2) is 6.08. The first-order valence-electron chi connectivity index (χ1n) is 7.44. The fourth-order valence-corrected chi connectivity index (χ4v) is 2.63. The lowest BCUT2D eigenvalue weighted by Crippen LogP contribution is -2.35. The van der Waals surface area contributed by atoms with Crippen LogP contribution in [0, 0.1) is 10.1 Å². The molecule has 0 unspecified atom stereocenters. The van der Waals surface area contributed by atoms with E-state index in [-0.39, 0.29) is 17.1 Å². The van der Waals surface area contributed by atoms with Gasteiger partial charge in [-0.05, 0) is 24.5 Å². The van der Waals surface area contributed by atoms with E-state index < -0.39 is 4.92 Å². The smallest absolute Gasteiger partial charge is 0.319 e. The predicted molar refractivity (Wildman–Crippen MR) is 87.5 cm³/mol. The molecule has 3 rings (SSSR count). The van der Waals surface area contributed by atoms with Crippen molar-refractivity contribution in [2.24, 2.45) is 0 Å². The van der Waals surface area contributed by atoms with Crippen molar-refractivity contribution in [2.45, 2.75) is 18.3 Å². The highest BCUT2D eigenvalue weighted by Crippen LogP contribution is 2.47. The first kappa shape index (κ1) is 15.0. The molecule has 0 bridgehead atoms. The molecule has 0 saturated heterocycles. The van der Waals surface area contributed by atoms with Crippen LogP contribution in [0.25, 0.3) is 0 Å². The fourth-order valence-electron chi connectivity index (χ4n) is 2.63. The summed E-state index contributed by atoms with van der Waals surface area (Å²) in [5.41, 5.74) is 1.61. The molecule has 118 valence electrons. The summed E-state index contributed by atoms with van der Waals surface area (Å²) < 4.78 is 0. The van der Waals surface area contributed by atoms with Gasteiger partial charge in [-0.25, -0.2) is 4.79 Å². The maximum atomic E-state index is 12.0. The zero-order chi connectivity index (χ0) is 16.3. The molecule has 1 fully saturated rings. The standard InChI is InChI=1S/C17H17N3O3/c21-16(19-14-7-4-8-15(11-14)20(22)23)18-12-17(9-10-17)13-5-2-1-3-6-13/h1-8,11H,9-10,12H2,(H2,18,19,21). The number of non-ortho nitro benzene ring substituents is 1. The minimum atomic E-state index is -0.488. The molecule has 0 aromatic heterocycles. The monoisotopic (exact) mass is 311 g/mol. The summed E-state index contributed by atoms with van der Waals surface area (Å²) in [6.07, 6.45) is 2.10. The number of nitrogens with one attached hydrogen (secondary N) is 2. The van der Waals surface area contributed by atoms with E-state index in [1.54, 1.807) is 12.1 Å². The third-order valence-electron chi connectivity index (χ3n) is 4.14. The third kappa shape index (κ3) is 3.48. The molecule has 1 aliphatic rings. The highest BCUT2D eigenvalue weighted by molar-refractivity contribution is 5.89. The lowest BCUT2D eigenvalue weighted by Gasteiger charge is -2.17. The molecule has 2 amide bonds. The highest BCUT2D eigenvalue weighted by atomic mass is 16.6. The number of amides is 2. The van der Waals surface area contributed by atoms with E-state index in [4.69, 9.17) is 0 Å². The number of nitrogens with zero attached hydrogens (tertiary/aromatic N) is 1. The lowest BCUT2D eigenvalue weighted by molar-refractivity contribution is -0.384. The van der Waals surface area contributed by atoms with Crippen LogP contribution >= 0.6 is 0 Å². The Bertz CT molecular complexity index is 727. The SMILES string of the molecule is O=C(NCC1(c2ccccc2)CC1)Nc1cccc([N+](=O)[O-])c1. The van der Waals surface area contributed by atoms with Gasteiger partial charge < -0.3 is 10.6 Å². The zero-order valence-corrected chi connectivity index (χ0v) is 12.5. The Morgan fingerprint density at radius 1 is 1.13 bits per heavy atom. The predicted octanol–water partition coefficient (Wildman–Crippen LogP) is 3.45. The number of urea groups is 1. The third-order valence-corrected chi connectivity index (χ3v) is 4.14. The van der Waals surface area contributed by atoms with E-state index >= 15 is 0 Å². The molecule has 6 nitrogen and oxygen atoms in total. The summed E-state index contributed by atoms with van der Waals surface area (Å²) in [5.74, 6) is 0. The second-order valence-electron chi connectivity index (χ2n) is 5.76. The molecule has 0 spiro atoms. The Balaban J connectivity index is 1.58. The van der Waals surface area contributed by atoms with Gasteiger partial charge in [0.2, 0.25) is 0 Å². The van der Waals surface area contributed by atoms with Gasteiger partial charge in [0.15, 0.2) is 0 Å². The van der Waals surface area contributed by atoms with Crippen LogP contribution in [-0.4, -0.2) is 17.5 Å². The summed E-state index contributed by atoms with van der Waals surface area (Å²) in [6, 6.07) is 15.7. The molecule has 0 heterocycles. The maximum absolute atomic E-state index is 12.0. The van der Waals surface area contributed by atoms with Crippen molar-refractivity contribution in [1.29, 1.82) is 0 Å². The van der Waals surface area contributed by atoms with Crippen LogP contribution in [-0.2, 0) is 5.41 Å². The lowest BCUT2D eigenvalue weighted by atomic mass is 9.96. The van der Waals surface area contributed by atoms with E-state index in [0.717, 1.165) is 12.8 Å². The molecule has 1 aliphatic carbocycles. The van der Waals surface area contributed by atoms with Crippen molar-refractivity contribution >= 4 is 17.4 Å². The summed E-state index contributed by atoms with van der Waals surface area (Å²) >= 11 is 0. The molecule has 1 saturated carbocycles. The van der Waals surface area contributed by atoms with Crippen LogP contribution in [0.1, 0.15) is 18.4 Å². The molecule has 0 radical (unpaired) electrons. The van der Waals surface area contributed by atoms with Crippen molar-refractivity contribution in [2.75, 3.05) is 11.9 Å². The van der Waals surface area contributed by atoms with Crippen LogP contribution < -0.4 is 10.6 Å². The number of anilines is 1. The molecule has 2 aromatic rings. The Morgan fingerprint density at radius 3 is 2.52 bits per heavy atom. The molecule has 6 heteroatoms. The summed E-state index contributed by atoms with van der Waals surface area (Å²) in [4.78, 5) is 22.3. The van der Waals surface area contributed by atoms with Crippen LogP contribution in [0.5, 0.6) is 0 Å². The van der Waals surface area contributed by atoms with Gasteiger partial charge >= 0.3 is 6.03 Å². The topological polar surface area (TPSA) is 84.3 Å². The van der Waals surface area contributed by atoms with Crippen LogP contribution in [0.2, 0.25) is 0 Å². The molecule has 2 N–H and O–H groups in total. The highest BCUT2D eigenvalue weighted by Gasteiger charge is 2.44. The number of carbonyl (C=O) groups is 1. The number of benzene rings is 2. The normalized spacial score (nSPS) is 14.8. The average molecular weight is 311 g/mol. The van der Waals surface area contributed by atoms with E-state index in [9.17, 15) is 14.9 Å². The first-order chi connectivity index (χ1) is 11.1. The van der Waals surface area contributed by atoms with Crippen molar-refractivity contribution in [1.82, 2.24) is 5.32 Å². The number of nitro groups is 1. The summed E-state index contributed by atoms with van der Waals surface area (Å²) in [7, 11) is 0.